The van der Waals surface area contributed by atoms with Gasteiger partial charge in [-0.15, -0.1) is 0 Å². The molecule has 0 spiro atoms. The van der Waals surface area contributed by atoms with Crippen LogP contribution in [-0.4, -0.2) is 414 Å². The summed E-state index contributed by atoms with van der Waals surface area (Å²) >= 11 is 5.34. The number of rotatable bonds is 37. The van der Waals surface area contributed by atoms with Crippen LogP contribution in [-0.2, 0) is 56.8 Å². The topological polar surface area (TPSA) is 715 Å². The Labute approximate surface area is 673 Å². The molecule has 9 aliphatic rings. The molecule has 2 saturated carbocycles. The Balaban J connectivity index is 0.586. The fraction of sp³-hybridized carbons (Fsp3) is 0.797. The van der Waals surface area contributed by atoms with Gasteiger partial charge >= 0.3 is 0 Å². The Morgan fingerprint density at radius 1 is 0.368 bits per heavy atom. The average Bonchev–Trinajstić information content (AvgIpc) is 0.743. The number of β-amino-alcohol motifs (C(OH)–C–C–N with tert-alkyl or cyclic N) is 2. The first-order valence-electron chi connectivity index (χ1n) is 38.0. The molecule has 2 aromatic rings. The van der Waals surface area contributed by atoms with Crippen LogP contribution in [0.25, 0.3) is 10.8 Å². The quantitative estimate of drug-likeness (QED) is 0.0221. The van der Waals surface area contributed by atoms with Crippen molar-refractivity contribution in [1.29, 1.82) is 0 Å². The number of hydrogen-bond donors (Lipinski definition) is 23. The van der Waals surface area contributed by atoms with Crippen LogP contribution in [0.5, 0.6) is 0 Å². The Hall–Kier alpha value is -3.02. The number of amides is 4. The van der Waals surface area contributed by atoms with E-state index in [0.29, 0.717) is 23.0 Å². The van der Waals surface area contributed by atoms with Crippen LogP contribution in [0.15, 0.2) is 24.3 Å². The minimum atomic E-state index is -1.64. The van der Waals surface area contributed by atoms with Crippen molar-refractivity contribution < 1.29 is 137 Å². The Kier molecular flexibility index (Phi) is 33.2. The van der Waals surface area contributed by atoms with Crippen molar-refractivity contribution >= 4 is 81.4 Å². The lowest BCUT2D eigenvalue weighted by Crippen LogP contribution is -2.68. The lowest BCUT2D eigenvalue weighted by molar-refractivity contribution is -0.309. The Morgan fingerprint density at radius 3 is 1.22 bits per heavy atom. The largest absolute Gasteiger partial charge is 0.390 e. The molecule has 7 aliphatic heterocycles. The van der Waals surface area contributed by atoms with Gasteiger partial charge in [-0.25, -0.2) is 0 Å². The van der Waals surface area contributed by atoms with Gasteiger partial charge in [0.25, 0.3) is 23.6 Å². The first-order valence-corrected chi connectivity index (χ1v) is 42.7. The van der Waals surface area contributed by atoms with Crippen LogP contribution < -0.4 is 63.1 Å². The molecule has 7 heterocycles. The molecule has 2 aromatic carbocycles. The molecular formula is C69H113N13O28S4. The number of nitrogens with two attached hydrogens (primary N) is 11. The maximum absolute atomic E-state index is 14.1. The fourth-order valence-corrected chi connectivity index (χ4v) is 18.9. The minimum absolute atomic E-state index is 0.000786. The molecule has 0 bridgehead atoms. The number of benzene rings is 2. The number of aliphatic hydroxyl groups excluding tert-OH is 12. The summed E-state index contributed by atoms with van der Waals surface area (Å²) in [7, 11) is 0. The smallest absolute Gasteiger partial charge is 0.261 e. The van der Waals surface area contributed by atoms with E-state index in [-0.39, 0.29) is 134 Å². The van der Waals surface area contributed by atoms with E-state index >= 15 is 0 Å². The molecule has 41 nitrogen and oxygen atoms in total. The van der Waals surface area contributed by atoms with Crippen LogP contribution in [0.2, 0.25) is 0 Å². The van der Waals surface area contributed by atoms with Crippen molar-refractivity contribution in [2.75, 3.05) is 105 Å². The fourth-order valence-electron chi connectivity index (χ4n) is 15.5. The molecule has 0 radical (unpaired) electrons. The first-order chi connectivity index (χ1) is 54.4. The Morgan fingerprint density at radius 2 is 0.746 bits per heavy atom. The van der Waals surface area contributed by atoms with Crippen LogP contribution in [0.3, 0.4) is 0 Å². The van der Waals surface area contributed by atoms with Crippen LogP contribution >= 0.6 is 47.0 Å². The van der Waals surface area contributed by atoms with Gasteiger partial charge in [0.2, 0.25) is 0 Å². The number of hydrogen-bond acceptors (Lipinski definition) is 43. The molecule has 2 unspecified atom stereocenters. The summed E-state index contributed by atoms with van der Waals surface area (Å²) in [6, 6.07) is -2.42. The van der Waals surface area contributed by atoms with Gasteiger partial charge in [-0.05, 0) is 43.5 Å². The summed E-state index contributed by atoms with van der Waals surface area (Å²) in [5, 5.41) is 132. The first kappa shape index (κ1) is 91.7. The minimum Gasteiger partial charge on any atom is -0.390 e. The predicted molar refractivity (Wildman–Crippen MR) is 410 cm³/mol. The van der Waals surface area contributed by atoms with Gasteiger partial charge in [0.1, 0.15) is 85.5 Å². The summed E-state index contributed by atoms with van der Waals surface area (Å²) in [5.74, 6) is -0.702. The lowest BCUT2D eigenvalue weighted by Gasteiger charge is -2.48. The van der Waals surface area contributed by atoms with Gasteiger partial charge in [0.15, 0.2) is 31.5 Å². The van der Waals surface area contributed by atoms with Gasteiger partial charge in [0.05, 0.1) is 113 Å². The highest BCUT2D eigenvalue weighted by atomic mass is 32.2. The summed E-state index contributed by atoms with van der Waals surface area (Å²) in [6.45, 7) is -0.160. The zero-order chi connectivity index (χ0) is 82.4. The normalized spacial score (nSPS) is 40.6. The predicted octanol–water partition coefficient (Wildman–Crippen LogP) is -11.4. The second-order valence-corrected chi connectivity index (χ2v) is 34.6. The molecule has 0 aromatic heterocycles. The monoisotopic (exact) mass is 1700 g/mol. The maximum Gasteiger partial charge on any atom is 0.261 e. The van der Waals surface area contributed by atoms with E-state index in [9.17, 15) is 80.5 Å². The van der Waals surface area contributed by atoms with Crippen molar-refractivity contribution in [3.63, 3.8) is 0 Å². The van der Waals surface area contributed by atoms with Gasteiger partial charge in [-0.3, -0.25) is 29.0 Å². The molecule has 11 rings (SSSR count). The molecule has 34 N–H and O–H groups in total. The number of imide groups is 2. The second-order valence-electron chi connectivity index (χ2n) is 30.0. The summed E-state index contributed by atoms with van der Waals surface area (Å²) < 4.78 is 72.2. The highest BCUT2D eigenvalue weighted by Gasteiger charge is 2.56. The van der Waals surface area contributed by atoms with Crippen LogP contribution in [0.4, 0.5) is 0 Å². The van der Waals surface area contributed by atoms with Gasteiger partial charge in [0, 0.05) is 123 Å². The third-order valence-electron chi connectivity index (χ3n) is 21.9. The van der Waals surface area contributed by atoms with Crippen LogP contribution in [0, 0.1) is 0 Å². The van der Waals surface area contributed by atoms with E-state index in [1.54, 1.807) is 0 Å². The third kappa shape index (κ3) is 20.5. The molecule has 5 saturated heterocycles. The van der Waals surface area contributed by atoms with Gasteiger partial charge < -0.3 is 181 Å². The zero-order valence-electron chi connectivity index (χ0n) is 62.4. The molecule has 646 valence electrons. The van der Waals surface area contributed by atoms with Crippen molar-refractivity contribution in [1.82, 2.24) is 9.80 Å². The van der Waals surface area contributed by atoms with E-state index < -0.39 is 238 Å². The van der Waals surface area contributed by atoms with Gasteiger partial charge in [-0.2, -0.15) is 47.0 Å². The lowest BCUT2D eigenvalue weighted by atomic mass is 9.84. The summed E-state index contributed by atoms with van der Waals surface area (Å²) in [6.07, 6.45) is -34.0. The highest BCUT2D eigenvalue weighted by molar-refractivity contribution is 8.00. The van der Waals surface area contributed by atoms with Crippen molar-refractivity contribution in [2.24, 2.45) is 63.1 Å². The molecular weight excluding hydrogens is 1590 g/mol. The van der Waals surface area contributed by atoms with E-state index in [0.717, 1.165) is 9.80 Å². The van der Waals surface area contributed by atoms with Crippen molar-refractivity contribution in [3.8, 4) is 0 Å². The number of thioether (sulfide) groups is 4. The number of aliphatic hydroxyl groups is 12. The number of carbonyl (C=O) groups is 4. The van der Waals surface area contributed by atoms with E-state index in [2.05, 4.69) is 0 Å². The zero-order valence-corrected chi connectivity index (χ0v) is 65.7. The second kappa shape index (κ2) is 41.2. The molecule has 2 aliphatic carbocycles. The molecule has 4 amide bonds. The number of nitrogens with zero attached hydrogens (tertiary/aromatic N) is 2. The number of ether oxygens (including phenoxy) is 12. The van der Waals surface area contributed by atoms with Crippen molar-refractivity contribution in [2.45, 2.75) is 233 Å². The molecule has 7 fully saturated rings. The molecule has 114 heavy (non-hydrogen) atoms. The van der Waals surface area contributed by atoms with Crippen LogP contribution in [0.1, 0.15) is 60.7 Å². The molecule has 35 atom stereocenters. The van der Waals surface area contributed by atoms with Gasteiger partial charge in [-0.1, -0.05) is 0 Å². The molecule has 45 heteroatoms. The van der Waals surface area contributed by atoms with E-state index in [1.807, 2.05) is 0 Å². The maximum atomic E-state index is 14.1. The standard InChI is InChI=1S/C69H113N13O28S4/c70-16-37-36(85)15-35(77)65(101-37)106-56-32(74)14-33(75)57(54(56)93)107-68-53(92)44(78)48(87)40(104-68)23-113-11-7-99-5-9-111-21-25(83)19-81-61(95)27-1-3-29-43-30(4-2-28(42(27)43)62(81)96)64(98)82(63(29)97)20-26(84)22-112-10-6-100-8-12-114-24-41-59(109-67-46(80)52(91)50(89)39(18-72)103-67)55(94)69(105-41)110-60-47(86)31(73)13-34(76)58(60)108-66-45(79)51(90)49(88)38(17-71)102-66/h1-4,25-26,31-41,44-60,65-69,83-94H,5-24,70-80H2/t25?,26?,31-,32-,33+,34+,35+,36-,37+,38+,39-,40+,41+,44-,45+,46+,47+,48+,49+,50+,51+,52+,53+,54-,55+,56+,57-,58-,59+,60-,65+,66+,67+,68+,69-/m0/s1. The number of carbonyl (C=O) groups excluding carboxylic acids is 4. The van der Waals surface area contributed by atoms with E-state index in [1.165, 1.54) is 71.3 Å². The highest BCUT2D eigenvalue weighted by Crippen LogP contribution is 2.41. The SMILES string of the molecule is NC[C@@H]1O[C@H](O[C@H]2[C@@H](O)[C@H](O[C@H]3[C@H](O)[C@@H](N)C[C@@H](N)[C@@H]3O[C@H]3O[C@H](CN)[C@@H](O)[C@H](O)[C@H]3N)O[C@@H]2CSCCOCCSCC(O)CN2C(=O)c3ccc4c5c(ccc(c35)C2=O)C(=O)N(CC(O)CSCCOCCSC[C@H]2O[C@H](O[C@@H]3[C@@H](O)[C@H](O[C@H]5O[C@H](CN)[C@@H](O)C[C@H]5N)[C@@H](N)C[C@H]3N)[C@H](O)[C@@H](N)[C@@H]2O)C4=O)[C@H](N)[C@@H](O)[C@@H]1O. The Bertz CT molecular complexity index is 3440. The van der Waals surface area contributed by atoms with E-state index in [4.69, 9.17) is 120 Å². The third-order valence-corrected chi connectivity index (χ3v) is 26.1. The van der Waals surface area contributed by atoms with Crippen molar-refractivity contribution in [3.05, 3.63) is 46.5 Å². The summed E-state index contributed by atoms with van der Waals surface area (Å²) in [4.78, 5) is 58.2. The summed E-state index contributed by atoms with van der Waals surface area (Å²) in [5.41, 5.74) is 68.1. The average molecular weight is 1700 g/mol.